The lowest BCUT2D eigenvalue weighted by Crippen LogP contribution is -2.12. The Morgan fingerprint density at radius 3 is 2.52 bits per heavy atom. The fraction of sp³-hybridized carbons (Fsp3) is 0.235. The maximum absolute atomic E-state index is 13.7. The molecule has 1 aliphatic carbocycles. The van der Waals surface area contributed by atoms with Gasteiger partial charge in [0.2, 0.25) is 5.95 Å². The van der Waals surface area contributed by atoms with Crippen LogP contribution in [0.5, 0.6) is 0 Å². The number of nitrogens with two attached hydrogens (primary N) is 1. The second kappa shape index (κ2) is 4.32. The number of aryl methyl sites for hydroxylation is 1. The van der Waals surface area contributed by atoms with Crippen LogP contribution in [0.3, 0.4) is 0 Å². The minimum atomic E-state index is -0.234. The van der Waals surface area contributed by atoms with Crippen molar-refractivity contribution in [3.05, 3.63) is 58.9 Å². The zero-order chi connectivity index (χ0) is 14.6. The van der Waals surface area contributed by atoms with Crippen LogP contribution in [0.2, 0.25) is 0 Å². The standard InChI is InChI=1S/C17H16FN3/c1-10-6-16-15(9-14(10)18)20-17(19)21(16)13-7-11-4-2-3-5-12(11)8-13/h2-6,9,13H,7-8H2,1H3,(H2,19,20). The summed E-state index contributed by atoms with van der Waals surface area (Å²) in [5.74, 6) is 0.231. The van der Waals surface area contributed by atoms with Crippen LogP contribution in [0.4, 0.5) is 10.3 Å². The molecule has 2 N–H and O–H groups in total. The van der Waals surface area contributed by atoms with E-state index in [-0.39, 0.29) is 11.9 Å². The highest BCUT2D eigenvalue weighted by Gasteiger charge is 2.25. The molecule has 0 atom stereocenters. The van der Waals surface area contributed by atoms with Crippen molar-refractivity contribution in [2.75, 3.05) is 5.73 Å². The van der Waals surface area contributed by atoms with E-state index in [1.807, 2.05) is 6.07 Å². The van der Waals surface area contributed by atoms with Crippen molar-refractivity contribution < 1.29 is 4.39 Å². The van der Waals surface area contributed by atoms with Crippen LogP contribution in [-0.4, -0.2) is 9.55 Å². The highest BCUT2D eigenvalue weighted by Crippen LogP contribution is 2.34. The molecule has 0 unspecified atom stereocenters. The number of rotatable bonds is 1. The Kier molecular flexibility index (Phi) is 2.55. The molecule has 3 aromatic rings. The average molecular weight is 281 g/mol. The van der Waals surface area contributed by atoms with Crippen LogP contribution in [0.1, 0.15) is 22.7 Å². The van der Waals surface area contributed by atoms with E-state index in [2.05, 4.69) is 33.8 Å². The molecule has 2 aromatic carbocycles. The second-order valence-electron chi connectivity index (χ2n) is 5.76. The summed E-state index contributed by atoms with van der Waals surface area (Å²) < 4.78 is 15.7. The van der Waals surface area contributed by atoms with Gasteiger partial charge in [-0.1, -0.05) is 24.3 Å². The van der Waals surface area contributed by atoms with Gasteiger partial charge in [-0.15, -0.1) is 0 Å². The number of nitrogen functional groups attached to an aromatic ring is 1. The molecule has 0 radical (unpaired) electrons. The molecule has 0 fully saturated rings. The topological polar surface area (TPSA) is 43.8 Å². The maximum atomic E-state index is 13.7. The number of anilines is 1. The Balaban J connectivity index is 1.85. The van der Waals surface area contributed by atoms with E-state index < -0.39 is 0 Å². The smallest absolute Gasteiger partial charge is 0.201 e. The Bertz CT molecular complexity index is 826. The van der Waals surface area contributed by atoms with Crippen LogP contribution >= 0.6 is 0 Å². The lowest BCUT2D eigenvalue weighted by molar-refractivity contribution is 0.550. The molecule has 1 heterocycles. The fourth-order valence-electron chi connectivity index (χ4n) is 3.34. The first-order chi connectivity index (χ1) is 10.1. The van der Waals surface area contributed by atoms with Gasteiger partial charge in [-0.25, -0.2) is 9.37 Å². The predicted molar refractivity (Wildman–Crippen MR) is 81.7 cm³/mol. The molecular weight excluding hydrogens is 265 g/mol. The van der Waals surface area contributed by atoms with Gasteiger partial charge < -0.3 is 10.3 Å². The van der Waals surface area contributed by atoms with Crippen LogP contribution < -0.4 is 5.73 Å². The summed E-state index contributed by atoms with van der Waals surface area (Å²) in [5.41, 5.74) is 11.0. The molecule has 1 aromatic heterocycles. The SMILES string of the molecule is Cc1cc2c(cc1F)nc(N)n2C1Cc2ccccc2C1. The van der Waals surface area contributed by atoms with Crippen molar-refractivity contribution in [1.82, 2.24) is 9.55 Å². The molecule has 3 nitrogen and oxygen atoms in total. The number of benzene rings is 2. The first-order valence-corrected chi connectivity index (χ1v) is 7.14. The van der Waals surface area contributed by atoms with E-state index >= 15 is 0 Å². The Morgan fingerprint density at radius 2 is 1.86 bits per heavy atom. The van der Waals surface area contributed by atoms with Crippen molar-refractivity contribution in [2.45, 2.75) is 25.8 Å². The Labute approximate surface area is 122 Å². The zero-order valence-corrected chi connectivity index (χ0v) is 11.8. The monoisotopic (exact) mass is 281 g/mol. The van der Waals surface area contributed by atoms with Gasteiger partial charge in [-0.05, 0) is 42.5 Å². The summed E-state index contributed by atoms with van der Waals surface area (Å²) >= 11 is 0. The van der Waals surface area contributed by atoms with Crippen LogP contribution in [0, 0.1) is 12.7 Å². The molecule has 106 valence electrons. The molecule has 0 amide bonds. The van der Waals surface area contributed by atoms with Gasteiger partial charge >= 0.3 is 0 Å². The van der Waals surface area contributed by atoms with Gasteiger partial charge in [0.15, 0.2) is 0 Å². The number of hydrogen-bond acceptors (Lipinski definition) is 2. The minimum Gasteiger partial charge on any atom is -0.369 e. The lowest BCUT2D eigenvalue weighted by Gasteiger charge is -2.14. The van der Waals surface area contributed by atoms with Crippen molar-refractivity contribution >= 4 is 17.0 Å². The van der Waals surface area contributed by atoms with E-state index in [1.54, 1.807) is 6.92 Å². The summed E-state index contributed by atoms with van der Waals surface area (Å²) in [7, 11) is 0. The average Bonchev–Trinajstić information content (AvgIpc) is 2.99. The molecule has 4 heteroatoms. The highest BCUT2D eigenvalue weighted by molar-refractivity contribution is 5.79. The summed E-state index contributed by atoms with van der Waals surface area (Å²) in [6, 6.07) is 12.0. The molecular formula is C17H16FN3. The summed E-state index contributed by atoms with van der Waals surface area (Å²) in [5, 5.41) is 0. The number of imidazole rings is 1. The van der Waals surface area contributed by atoms with Gasteiger partial charge in [-0.2, -0.15) is 0 Å². The van der Waals surface area contributed by atoms with Crippen molar-refractivity contribution in [3.63, 3.8) is 0 Å². The minimum absolute atomic E-state index is 0.234. The van der Waals surface area contributed by atoms with Crippen molar-refractivity contribution in [1.29, 1.82) is 0 Å². The van der Waals surface area contributed by atoms with E-state index in [9.17, 15) is 4.39 Å². The van der Waals surface area contributed by atoms with Crippen LogP contribution in [0.15, 0.2) is 36.4 Å². The maximum Gasteiger partial charge on any atom is 0.201 e. The third-order valence-corrected chi connectivity index (χ3v) is 4.39. The first-order valence-electron chi connectivity index (χ1n) is 7.14. The molecule has 0 bridgehead atoms. The largest absolute Gasteiger partial charge is 0.369 e. The fourth-order valence-corrected chi connectivity index (χ4v) is 3.34. The van der Waals surface area contributed by atoms with Crippen LogP contribution in [-0.2, 0) is 12.8 Å². The third-order valence-electron chi connectivity index (χ3n) is 4.39. The Morgan fingerprint density at radius 1 is 1.19 bits per heavy atom. The van der Waals surface area contributed by atoms with Crippen molar-refractivity contribution in [2.24, 2.45) is 0 Å². The van der Waals surface area contributed by atoms with E-state index in [0.717, 1.165) is 18.4 Å². The van der Waals surface area contributed by atoms with Crippen LogP contribution in [0.25, 0.3) is 11.0 Å². The molecule has 4 rings (SSSR count). The highest BCUT2D eigenvalue weighted by atomic mass is 19.1. The number of nitrogens with zero attached hydrogens (tertiary/aromatic N) is 2. The second-order valence-corrected chi connectivity index (χ2v) is 5.76. The normalized spacial score (nSPS) is 14.8. The number of aromatic nitrogens is 2. The molecule has 0 aliphatic heterocycles. The number of halogens is 1. The third kappa shape index (κ3) is 1.82. The molecule has 21 heavy (non-hydrogen) atoms. The van der Waals surface area contributed by atoms with Crippen molar-refractivity contribution in [3.8, 4) is 0 Å². The van der Waals surface area contributed by atoms with Gasteiger partial charge in [0.05, 0.1) is 11.0 Å². The summed E-state index contributed by atoms with van der Waals surface area (Å²) in [6.45, 7) is 1.77. The lowest BCUT2D eigenvalue weighted by atomic mass is 10.1. The molecule has 0 saturated carbocycles. The zero-order valence-electron chi connectivity index (χ0n) is 11.8. The predicted octanol–water partition coefficient (Wildman–Crippen LogP) is 3.41. The summed E-state index contributed by atoms with van der Waals surface area (Å²) in [4.78, 5) is 4.32. The first kappa shape index (κ1) is 12.4. The molecule has 1 aliphatic rings. The number of fused-ring (bicyclic) bond motifs is 2. The quantitative estimate of drug-likeness (QED) is 0.743. The van der Waals surface area contributed by atoms with E-state index in [1.165, 1.54) is 17.2 Å². The van der Waals surface area contributed by atoms with Gasteiger partial charge in [0.1, 0.15) is 5.82 Å². The van der Waals surface area contributed by atoms with E-state index in [0.29, 0.717) is 17.0 Å². The molecule has 0 spiro atoms. The number of hydrogen-bond donors (Lipinski definition) is 1. The molecule has 0 saturated heterocycles. The van der Waals surface area contributed by atoms with Gasteiger partial charge in [0.25, 0.3) is 0 Å². The van der Waals surface area contributed by atoms with E-state index in [4.69, 9.17) is 5.73 Å². The van der Waals surface area contributed by atoms with Gasteiger partial charge in [0, 0.05) is 12.1 Å². The summed E-state index contributed by atoms with van der Waals surface area (Å²) in [6.07, 6.45) is 1.89. The Hall–Kier alpha value is -2.36. The van der Waals surface area contributed by atoms with Gasteiger partial charge in [-0.3, -0.25) is 0 Å².